The van der Waals surface area contributed by atoms with Crippen molar-refractivity contribution in [3.63, 3.8) is 0 Å². The van der Waals surface area contributed by atoms with Gasteiger partial charge in [-0.05, 0) is 6.42 Å². The van der Waals surface area contributed by atoms with Crippen molar-refractivity contribution < 1.29 is 14.9 Å². The summed E-state index contributed by atoms with van der Waals surface area (Å²) in [7, 11) is 0. The molecule has 2 N–H and O–H groups in total. The molecule has 3 heteroatoms. The maximum absolute atomic E-state index is 8.44. The van der Waals surface area contributed by atoms with E-state index in [0.717, 1.165) is 6.42 Å². The molecule has 1 rings (SSSR count). The fraction of sp³-hybridized carbons (Fsp3) is 0.800. The molecule has 0 saturated carbocycles. The summed E-state index contributed by atoms with van der Waals surface area (Å²) in [5.74, 6) is -0.130. The van der Waals surface area contributed by atoms with Crippen molar-refractivity contribution in [2.75, 3.05) is 13.2 Å². The summed E-state index contributed by atoms with van der Waals surface area (Å²) in [5.41, 5.74) is 0. The number of rotatable bonds is 1. The predicted molar refractivity (Wildman–Crippen MR) is 26.0 cm³/mol. The lowest BCUT2D eigenvalue weighted by Gasteiger charge is -2.05. The Morgan fingerprint density at radius 3 is 2.50 bits per heavy atom. The number of ether oxygens (including phenoxy) is 1. The molecule has 47 valence electrons. The summed E-state index contributed by atoms with van der Waals surface area (Å²) in [6.45, 7) is 1.11. The van der Waals surface area contributed by atoms with Crippen LogP contribution in [0.25, 0.3) is 0 Å². The predicted octanol–water partition coefficient (Wildman–Crippen LogP) is 0.257. The third-order valence-corrected chi connectivity index (χ3v) is 1.29. The van der Waals surface area contributed by atoms with E-state index in [1.807, 2.05) is 0 Å². The van der Waals surface area contributed by atoms with Crippen LogP contribution in [-0.4, -0.2) is 23.4 Å². The zero-order valence-electron chi connectivity index (χ0n) is 4.50. The van der Waals surface area contributed by atoms with E-state index in [1.54, 1.807) is 0 Å². The van der Waals surface area contributed by atoms with Crippen molar-refractivity contribution in [3.8, 4) is 0 Å². The van der Waals surface area contributed by atoms with Gasteiger partial charge < -0.3 is 14.9 Å². The molecule has 0 amide bonds. The molecule has 3 nitrogen and oxygen atoms in total. The van der Waals surface area contributed by atoms with Crippen LogP contribution in [0.3, 0.4) is 0 Å². The van der Waals surface area contributed by atoms with Crippen molar-refractivity contribution in [1.29, 1.82) is 0 Å². The van der Waals surface area contributed by atoms with Gasteiger partial charge in [0.15, 0.2) is 0 Å². The molecule has 1 atom stereocenters. The van der Waals surface area contributed by atoms with Gasteiger partial charge in [-0.25, -0.2) is 0 Å². The summed E-state index contributed by atoms with van der Waals surface area (Å²) < 4.78 is 4.88. The lowest BCUT2D eigenvalue weighted by Crippen LogP contribution is -2.10. The fourth-order valence-corrected chi connectivity index (χ4v) is 0.738. The first-order valence-corrected chi connectivity index (χ1v) is 2.63. The Morgan fingerprint density at radius 2 is 2.25 bits per heavy atom. The standard InChI is InChI=1S/C5H9O3/c6-5(7)4-1-2-8-3-4/h4,6-7H,1-3H2. The van der Waals surface area contributed by atoms with Crippen LogP contribution in [0.1, 0.15) is 6.42 Å². The first kappa shape index (κ1) is 6.01. The minimum Gasteiger partial charge on any atom is -0.381 e. The summed E-state index contributed by atoms with van der Waals surface area (Å²) in [6.07, 6.45) is 0.255. The van der Waals surface area contributed by atoms with E-state index in [-0.39, 0.29) is 5.92 Å². The fourth-order valence-electron chi connectivity index (χ4n) is 0.738. The monoisotopic (exact) mass is 117 g/mol. The molecule has 8 heavy (non-hydrogen) atoms. The van der Waals surface area contributed by atoms with Crippen LogP contribution in [-0.2, 0) is 4.74 Å². The SMILES string of the molecule is O[C](O)C1CCOC1. The highest BCUT2D eigenvalue weighted by molar-refractivity contribution is 4.75. The number of aliphatic hydroxyl groups is 2. The minimum atomic E-state index is -0.484. The Labute approximate surface area is 47.9 Å². The van der Waals surface area contributed by atoms with E-state index in [9.17, 15) is 0 Å². The van der Waals surface area contributed by atoms with Gasteiger partial charge in [-0.1, -0.05) is 0 Å². The normalized spacial score (nSPS) is 29.6. The van der Waals surface area contributed by atoms with Gasteiger partial charge >= 0.3 is 0 Å². The Kier molecular flexibility index (Phi) is 1.83. The lowest BCUT2D eigenvalue weighted by atomic mass is 10.1. The molecule has 1 aliphatic heterocycles. The third-order valence-electron chi connectivity index (χ3n) is 1.29. The zero-order chi connectivity index (χ0) is 5.98. The molecule has 1 heterocycles. The quantitative estimate of drug-likeness (QED) is 0.517. The first-order valence-electron chi connectivity index (χ1n) is 2.63. The minimum absolute atomic E-state index is 0.130. The van der Waals surface area contributed by atoms with E-state index < -0.39 is 6.29 Å². The zero-order valence-corrected chi connectivity index (χ0v) is 4.50. The lowest BCUT2D eigenvalue weighted by molar-refractivity contribution is 0.0288. The Hall–Kier alpha value is -0.120. The van der Waals surface area contributed by atoms with E-state index in [4.69, 9.17) is 14.9 Å². The second-order valence-electron chi connectivity index (χ2n) is 1.92. The van der Waals surface area contributed by atoms with Crippen molar-refractivity contribution in [3.05, 3.63) is 6.29 Å². The van der Waals surface area contributed by atoms with E-state index in [0.29, 0.717) is 13.2 Å². The van der Waals surface area contributed by atoms with Crippen LogP contribution in [0.2, 0.25) is 0 Å². The molecular formula is C5H9O3. The van der Waals surface area contributed by atoms with Gasteiger partial charge in [0, 0.05) is 12.5 Å². The van der Waals surface area contributed by atoms with E-state index in [1.165, 1.54) is 0 Å². The maximum atomic E-state index is 8.44. The van der Waals surface area contributed by atoms with Gasteiger partial charge in [-0.15, -0.1) is 0 Å². The summed E-state index contributed by atoms with van der Waals surface area (Å²) in [5, 5.41) is 16.9. The Balaban J connectivity index is 2.24. The molecule has 0 spiro atoms. The highest BCUT2D eigenvalue weighted by Gasteiger charge is 2.22. The summed E-state index contributed by atoms with van der Waals surface area (Å²) >= 11 is 0. The number of hydrogen-bond acceptors (Lipinski definition) is 3. The second kappa shape index (κ2) is 2.44. The highest BCUT2D eigenvalue weighted by Crippen LogP contribution is 2.18. The van der Waals surface area contributed by atoms with Gasteiger partial charge in [-0.3, -0.25) is 0 Å². The number of hydrogen-bond donors (Lipinski definition) is 2. The average molecular weight is 117 g/mol. The molecule has 0 aromatic heterocycles. The molecule has 0 bridgehead atoms. The van der Waals surface area contributed by atoms with Crippen molar-refractivity contribution in [2.24, 2.45) is 5.92 Å². The molecule has 1 fully saturated rings. The Morgan fingerprint density at radius 1 is 1.50 bits per heavy atom. The van der Waals surface area contributed by atoms with Crippen molar-refractivity contribution >= 4 is 0 Å². The smallest absolute Gasteiger partial charge is 0.223 e. The average Bonchev–Trinajstić information content (AvgIpc) is 2.12. The Bertz CT molecular complexity index is 66.1. The molecule has 0 aromatic rings. The van der Waals surface area contributed by atoms with Crippen LogP contribution in [0, 0.1) is 12.2 Å². The van der Waals surface area contributed by atoms with Gasteiger partial charge in [0.1, 0.15) is 0 Å². The third kappa shape index (κ3) is 1.18. The summed E-state index contributed by atoms with van der Waals surface area (Å²) in [4.78, 5) is 0. The maximum Gasteiger partial charge on any atom is 0.223 e. The molecule has 0 aromatic carbocycles. The van der Waals surface area contributed by atoms with Crippen molar-refractivity contribution in [1.82, 2.24) is 0 Å². The highest BCUT2D eigenvalue weighted by atomic mass is 16.5. The molecule has 1 unspecified atom stereocenters. The molecule has 1 radical (unpaired) electrons. The summed E-state index contributed by atoms with van der Waals surface area (Å²) in [6, 6.07) is 0. The molecule has 0 aliphatic carbocycles. The van der Waals surface area contributed by atoms with Crippen LogP contribution < -0.4 is 0 Å². The van der Waals surface area contributed by atoms with E-state index in [2.05, 4.69) is 0 Å². The molecule has 1 aliphatic rings. The van der Waals surface area contributed by atoms with Crippen LogP contribution in [0.15, 0.2) is 0 Å². The topological polar surface area (TPSA) is 49.7 Å². The van der Waals surface area contributed by atoms with Crippen LogP contribution >= 0.6 is 0 Å². The van der Waals surface area contributed by atoms with Gasteiger partial charge in [0.25, 0.3) is 0 Å². The van der Waals surface area contributed by atoms with Crippen LogP contribution in [0.5, 0.6) is 0 Å². The van der Waals surface area contributed by atoms with E-state index >= 15 is 0 Å². The molecule has 1 saturated heterocycles. The van der Waals surface area contributed by atoms with Gasteiger partial charge in [-0.2, -0.15) is 0 Å². The van der Waals surface area contributed by atoms with Gasteiger partial charge in [0.2, 0.25) is 6.29 Å². The second-order valence-corrected chi connectivity index (χ2v) is 1.92. The number of aliphatic hydroxyl groups excluding tert-OH is 1. The van der Waals surface area contributed by atoms with Gasteiger partial charge in [0.05, 0.1) is 6.61 Å². The first-order chi connectivity index (χ1) is 3.80. The van der Waals surface area contributed by atoms with Crippen LogP contribution in [0.4, 0.5) is 0 Å². The largest absolute Gasteiger partial charge is 0.381 e. The van der Waals surface area contributed by atoms with Crippen molar-refractivity contribution in [2.45, 2.75) is 6.42 Å². The molecular weight excluding hydrogens is 108 g/mol.